The van der Waals surface area contributed by atoms with Gasteiger partial charge in [0.05, 0.1) is 14.2 Å². The number of methoxy groups -OCH3 is 2. The van der Waals surface area contributed by atoms with E-state index in [2.05, 4.69) is 26.2 Å². The van der Waals surface area contributed by atoms with Crippen molar-refractivity contribution in [3.05, 3.63) is 12.2 Å². The zero-order valence-electron chi connectivity index (χ0n) is 12.5. The maximum atomic E-state index is 12.0. The minimum Gasteiger partial charge on any atom is -0.468 e. The van der Waals surface area contributed by atoms with Crippen molar-refractivity contribution in [2.45, 2.75) is 38.5 Å². The quantitative estimate of drug-likeness (QED) is 0.345. The van der Waals surface area contributed by atoms with Gasteiger partial charge in [-0.05, 0) is 18.8 Å². The van der Waals surface area contributed by atoms with Crippen molar-refractivity contribution in [3.8, 4) is 0 Å². The molecule has 1 saturated carbocycles. The van der Waals surface area contributed by atoms with E-state index in [1.54, 1.807) is 0 Å². The van der Waals surface area contributed by atoms with Crippen molar-refractivity contribution in [2.75, 3.05) is 14.2 Å². The zero-order chi connectivity index (χ0) is 14.8. The Labute approximate surface area is 116 Å². The van der Waals surface area contributed by atoms with Gasteiger partial charge in [-0.1, -0.05) is 37.8 Å². The lowest BCUT2D eigenvalue weighted by atomic mass is 9.85. The molecule has 0 aromatic heterocycles. The van der Waals surface area contributed by atoms with Gasteiger partial charge < -0.3 is 9.47 Å². The lowest BCUT2D eigenvalue weighted by Gasteiger charge is -2.24. The van der Waals surface area contributed by atoms with Gasteiger partial charge in [0.25, 0.3) is 0 Å². The highest BCUT2D eigenvalue weighted by Gasteiger charge is 2.55. The molecule has 1 aliphatic rings. The molecule has 0 aliphatic heterocycles. The highest BCUT2D eigenvalue weighted by atomic mass is 28.3. The number of ether oxygens (including phenoxy) is 2. The first-order valence-electron chi connectivity index (χ1n) is 6.51. The Hall–Kier alpha value is -1.10. The van der Waals surface area contributed by atoms with Gasteiger partial charge in [0.1, 0.15) is 0 Å². The Morgan fingerprint density at radius 2 is 1.74 bits per heavy atom. The molecule has 1 fully saturated rings. The minimum absolute atomic E-state index is 0.213. The smallest absolute Gasteiger partial charge is 0.323 e. The third-order valence-electron chi connectivity index (χ3n) is 3.71. The van der Waals surface area contributed by atoms with E-state index >= 15 is 0 Å². The van der Waals surface area contributed by atoms with Crippen molar-refractivity contribution < 1.29 is 19.1 Å². The average molecular weight is 284 g/mol. The highest BCUT2D eigenvalue weighted by Crippen LogP contribution is 2.49. The first-order chi connectivity index (χ1) is 8.66. The summed E-state index contributed by atoms with van der Waals surface area (Å²) >= 11 is 0. The van der Waals surface area contributed by atoms with Gasteiger partial charge in [-0.2, -0.15) is 0 Å². The molecule has 0 amide bonds. The topological polar surface area (TPSA) is 52.6 Å². The molecule has 5 heteroatoms. The van der Waals surface area contributed by atoms with Crippen LogP contribution >= 0.6 is 0 Å². The number of esters is 2. The number of hydrogen-bond donors (Lipinski definition) is 0. The maximum Gasteiger partial charge on any atom is 0.323 e. The fourth-order valence-corrected chi connectivity index (χ4v) is 4.82. The van der Waals surface area contributed by atoms with E-state index in [4.69, 9.17) is 9.47 Å². The van der Waals surface area contributed by atoms with Crippen LogP contribution in [0.2, 0.25) is 25.7 Å². The molecular formula is C14H24O4Si. The normalized spacial score (nSPS) is 22.2. The summed E-state index contributed by atoms with van der Waals surface area (Å²) in [5.74, 6) is -0.790. The molecule has 108 valence electrons. The summed E-state index contributed by atoms with van der Waals surface area (Å²) in [5, 5.41) is 0. The summed E-state index contributed by atoms with van der Waals surface area (Å²) < 4.78 is 9.64. The maximum absolute atomic E-state index is 12.0. The molecule has 0 aromatic carbocycles. The highest BCUT2D eigenvalue weighted by molar-refractivity contribution is 6.76. The second-order valence-corrected chi connectivity index (χ2v) is 12.1. The van der Waals surface area contributed by atoms with E-state index in [-0.39, 0.29) is 5.92 Å². The van der Waals surface area contributed by atoms with Crippen LogP contribution in [0.1, 0.15) is 12.8 Å². The van der Waals surface area contributed by atoms with Crippen molar-refractivity contribution >= 4 is 20.0 Å². The number of allylic oxidation sites excluding steroid dienone is 1. The van der Waals surface area contributed by atoms with Crippen LogP contribution in [0.5, 0.6) is 0 Å². The van der Waals surface area contributed by atoms with Gasteiger partial charge in [0.15, 0.2) is 5.41 Å². The van der Waals surface area contributed by atoms with Crippen molar-refractivity contribution in [1.82, 2.24) is 0 Å². The van der Waals surface area contributed by atoms with Crippen molar-refractivity contribution in [3.63, 3.8) is 0 Å². The lowest BCUT2D eigenvalue weighted by Crippen LogP contribution is -2.39. The van der Waals surface area contributed by atoms with Crippen LogP contribution < -0.4 is 0 Å². The first kappa shape index (κ1) is 16.0. The van der Waals surface area contributed by atoms with Crippen LogP contribution in [-0.4, -0.2) is 34.2 Å². The predicted octanol–water partition coefficient (Wildman–Crippen LogP) is 2.62. The molecule has 1 aliphatic carbocycles. The number of hydrogen-bond acceptors (Lipinski definition) is 4. The molecule has 0 bridgehead atoms. The van der Waals surface area contributed by atoms with Gasteiger partial charge in [0, 0.05) is 8.07 Å². The Bertz CT molecular complexity index is 379. The Morgan fingerprint density at radius 3 is 2.11 bits per heavy atom. The molecule has 1 rings (SSSR count). The van der Waals surface area contributed by atoms with Crippen LogP contribution in [0.25, 0.3) is 0 Å². The zero-order valence-corrected chi connectivity index (χ0v) is 13.5. The van der Waals surface area contributed by atoms with E-state index in [0.29, 0.717) is 12.8 Å². The molecule has 1 unspecified atom stereocenters. The summed E-state index contributed by atoms with van der Waals surface area (Å²) in [7, 11) is 1.33. The fourth-order valence-electron chi connectivity index (χ4n) is 2.91. The van der Waals surface area contributed by atoms with Crippen LogP contribution in [0.4, 0.5) is 0 Å². The third kappa shape index (κ3) is 3.26. The van der Waals surface area contributed by atoms with Crippen LogP contribution in [0, 0.1) is 11.3 Å². The molecule has 4 nitrogen and oxygen atoms in total. The van der Waals surface area contributed by atoms with Gasteiger partial charge in [-0.15, -0.1) is 0 Å². The summed E-state index contributed by atoms with van der Waals surface area (Å²) in [6.07, 6.45) is 0.816. The predicted molar refractivity (Wildman–Crippen MR) is 76.5 cm³/mol. The van der Waals surface area contributed by atoms with Crippen LogP contribution in [0.3, 0.4) is 0 Å². The molecule has 0 heterocycles. The van der Waals surface area contributed by atoms with E-state index < -0.39 is 25.4 Å². The Balaban J connectivity index is 3.02. The molecule has 19 heavy (non-hydrogen) atoms. The number of carbonyl (C=O) groups is 2. The van der Waals surface area contributed by atoms with Crippen LogP contribution in [-0.2, 0) is 19.1 Å². The Morgan fingerprint density at radius 1 is 1.26 bits per heavy atom. The number of rotatable bonds is 4. The Kier molecular flexibility index (Phi) is 4.61. The largest absolute Gasteiger partial charge is 0.468 e. The van der Waals surface area contributed by atoms with Gasteiger partial charge in [0.2, 0.25) is 0 Å². The first-order valence-corrected chi connectivity index (χ1v) is 10.2. The molecule has 0 aromatic rings. The van der Waals surface area contributed by atoms with Crippen molar-refractivity contribution in [1.29, 1.82) is 0 Å². The van der Waals surface area contributed by atoms with Crippen LogP contribution in [0.15, 0.2) is 12.2 Å². The SMILES string of the molecule is C=C1CC(C(=O)OC)(C(=O)OC)CC1C[Si](C)(C)C. The summed E-state index contributed by atoms with van der Waals surface area (Å²) in [4.78, 5) is 24.1. The van der Waals surface area contributed by atoms with E-state index in [1.165, 1.54) is 14.2 Å². The van der Waals surface area contributed by atoms with Gasteiger partial charge in [-0.25, -0.2) is 0 Å². The molecule has 0 saturated heterocycles. The second kappa shape index (κ2) is 5.49. The van der Waals surface area contributed by atoms with E-state index in [9.17, 15) is 9.59 Å². The minimum atomic E-state index is -1.28. The molecule has 0 N–H and O–H groups in total. The van der Waals surface area contributed by atoms with Gasteiger partial charge >= 0.3 is 11.9 Å². The molecule has 0 radical (unpaired) electrons. The standard InChI is InChI=1S/C14H24O4Si/c1-10-7-14(12(15)17-2,13(16)18-3)8-11(10)9-19(4,5)6/h11H,1,7-9H2,2-6H3. The van der Waals surface area contributed by atoms with Crippen molar-refractivity contribution in [2.24, 2.45) is 11.3 Å². The molecule has 1 atom stereocenters. The summed E-state index contributed by atoms with van der Waals surface area (Å²) in [6.45, 7) is 10.9. The van der Waals surface area contributed by atoms with Gasteiger partial charge in [-0.3, -0.25) is 9.59 Å². The molecular weight excluding hydrogens is 260 g/mol. The molecule has 0 spiro atoms. The number of carbonyl (C=O) groups excluding carboxylic acids is 2. The monoisotopic (exact) mass is 284 g/mol. The average Bonchev–Trinajstić information content (AvgIpc) is 2.63. The lowest BCUT2D eigenvalue weighted by molar-refractivity contribution is -0.168. The fraction of sp³-hybridized carbons (Fsp3) is 0.714. The van der Waals surface area contributed by atoms with E-state index in [0.717, 1.165) is 11.6 Å². The summed E-state index contributed by atoms with van der Waals surface area (Å²) in [6, 6.07) is 1.03. The van der Waals surface area contributed by atoms with E-state index in [1.807, 2.05) is 0 Å². The second-order valence-electron chi connectivity index (χ2n) is 6.57. The third-order valence-corrected chi connectivity index (χ3v) is 5.43. The summed E-state index contributed by atoms with van der Waals surface area (Å²) in [5.41, 5.74) is -0.205.